The number of aliphatic carboxylic acids is 1. The molecule has 1 aromatic heterocycles. The molecule has 0 radical (unpaired) electrons. The number of nitrogens with zero attached hydrogens (tertiary/aromatic N) is 1. The second-order valence-corrected chi connectivity index (χ2v) is 3.83. The topological polar surface area (TPSA) is 76.5 Å². The zero-order chi connectivity index (χ0) is 13.1. The van der Waals surface area contributed by atoms with Crippen molar-refractivity contribution in [3.63, 3.8) is 0 Å². The maximum Gasteiger partial charge on any atom is 0.322 e. The lowest BCUT2D eigenvalue weighted by molar-refractivity contribution is -0.145. The van der Waals surface area contributed by atoms with Crippen molar-refractivity contribution in [2.24, 2.45) is 0 Å². The first-order chi connectivity index (χ1) is 8.56. The fourth-order valence-corrected chi connectivity index (χ4v) is 1.58. The van der Waals surface area contributed by atoms with Crippen LogP contribution < -0.4 is 4.74 Å². The second kappa shape index (κ2) is 4.83. The first kappa shape index (κ1) is 12.0. The molecule has 0 atom stereocenters. The quantitative estimate of drug-likeness (QED) is 0.508. The first-order valence-corrected chi connectivity index (χ1v) is 5.35. The number of benzene rings is 1. The minimum Gasteiger partial charge on any atom is -0.481 e. The van der Waals surface area contributed by atoms with Gasteiger partial charge in [0.25, 0.3) is 0 Å². The molecule has 92 valence electrons. The molecule has 2 aromatic rings. The smallest absolute Gasteiger partial charge is 0.322 e. The van der Waals surface area contributed by atoms with Gasteiger partial charge in [0.15, 0.2) is 5.75 Å². The molecule has 0 aliphatic carbocycles. The first-order valence-electron chi connectivity index (χ1n) is 5.35. The maximum atomic E-state index is 11.3. The molecule has 0 saturated heterocycles. The molecule has 2 rings (SSSR count). The monoisotopic (exact) mass is 245 g/mol. The standard InChI is InChI=1S/C13H11NO4/c1-8-5-6-9-3-2-4-10(13(9)14-8)18-12(17)7-11(15)16/h2-6H,7H2,1H3,(H,15,16). The third-order valence-electron chi connectivity index (χ3n) is 2.34. The van der Waals surface area contributed by atoms with Crippen molar-refractivity contribution in [2.75, 3.05) is 0 Å². The van der Waals surface area contributed by atoms with Crippen molar-refractivity contribution in [1.29, 1.82) is 0 Å². The number of carbonyl (C=O) groups excluding carboxylic acids is 1. The zero-order valence-corrected chi connectivity index (χ0v) is 9.71. The third-order valence-corrected chi connectivity index (χ3v) is 2.34. The highest BCUT2D eigenvalue weighted by atomic mass is 16.5. The van der Waals surface area contributed by atoms with Crippen LogP contribution in [0.25, 0.3) is 10.9 Å². The van der Waals surface area contributed by atoms with Crippen LogP contribution in [0.15, 0.2) is 30.3 Å². The summed E-state index contributed by atoms with van der Waals surface area (Å²) in [7, 11) is 0. The molecule has 1 heterocycles. The van der Waals surface area contributed by atoms with E-state index in [-0.39, 0.29) is 5.75 Å². The Labute approximate surface area is 103 Å². The Balaban J connectivity index is 2.35. The Bertz CT molecular complexity index is 621. The lowest BCUT2D eigenvalue weighted by atomic mass is 10.2. The van der Waals surface area contributed by atoms with Gasteiger partial charge in [-0.3, -0.25) is 9.59 Å². The van der Waals surface area contributed by atoms with Gasteiger partial charge in [0.1, 0.15) is 11.9 Å². The van der Waals surface area contributed by atoms with Gasteiger partial charge in [-0.25, -0.2) is 4.98 Å². The van der Waals surface area contributed by atoms with Crippen LogP contribution in [0.3, 0.4) is 0 Å². The Morgan fingerprint density at radius 3 is 2.78 bits per heavy atom. The summed E-state index contributed by atoms with van der Waals surface area (Å²) in [6.07, 6.45) is -0.664. The van der Waals surface area contributed by atoms with Gasteiger partial charge in [-0.2, -0.15) is 0 Å². The minimum atomic E-state index is -1.22. The average Bonchev–Trinajstić information content (AvgIpc) is 2.28. The van der Waals surface area contributed by atoms with Crippen LogP contribution in [-0.2, 0) is 9.59 Å². The number of carboxylic acid groups (broad SMARTS) is 1. The third kappa shape index (κ3) is 2.63. The van der Waals surface area contributed by atoms with Gasteiger partial charge in [-0.1, -0.05) is 18.2 Å². The summed E-state index contributed by atoms with van der Waals surface area (Å²) in [5.41, 5.74) is 1.35. The highest BCUT2D eigenvalue weighted by Crippen LogP contribution is 2.24. The summed E-state index contributed by atoms with van der Waals surface area (Å²) < 4.78 is 5.01. The van der Waals surface area contributed by atoms with Crippen LogP contribution in [0.5, 0.6) is 5.75 Å². The molecular weight excluding hydrogens is 234 g/mol. The Morgan fingerprint density at radius 1 is 1.28 bits per heavy atom. The normalized spacial score (nSPS) is 10.3. The van der Waals surface area contributed by atoms with Gasteiger partial charge in [0.05, 0.1) is 0 Å². The number of para-hydroxylation sites is 1. The summed E-state index contributed by atoms with van der Waals surface area (Å²) in [6, 6.07) is 8.88. The van der Waals surface area contributed by atoms with E-state index in [1.54, 1.807) is 12.1 Å². The van der Waals surface area contributed by atoms with Gasteiger partial charge in [0.2, 0.25) is 0 Å². The van der Waals surface area contributed by atoms with Crippen LogP contribution in [0, 0.1) is 6.92 Å². The van der Waals surface area contributed by atoms with Crippen LogP contribution in [0.4, 0.5) is 0 Å². The largest absolute Gasteiger partial charge is 0.481 e. The van der Waals surface area contributed by atoms with Gasteiger partial charge in [-0.05, 0) is 19.1 Å². The molecule has 5 nitrogen and oxygen atoms in total. The van der Waals surface area contributed by atoms with Gasteiger partial charge in [0, 0.05) is 11.1 Å². The van der Waals surface area contributed by atoms with Crippen LogP contribution in [0.1, 0.15) is 12.1 Å². The number of rotatable bonds is 3. The van der Waals surface area contributed by atoms with E-state index < -0.39 is 18.4 Å². The SMILES string of the molecule is Cc1ccc2cccc(OC(=O)CC(=O)O)c2n1. The highest BCUT2D eigenvalue weighted by Gasteiger charge is 2.12. The van der Waals surface area contributed by atoms with E-state index in [1.807, 2.05) is 25.1 Å². The summed E-state index contributed by atoms with van der Waals surface area (Å²) in [5, 5.41) is 9.34. The van der Waals surface area contributed by atoms with E-state index in [2.05, 4.69) is 4.98 Å². The molecule has 0 fully saturated rings. The number of aromatic nitrogens is 1. The molecule has 0 aliphatic rings. The molecular formula is C13H11NO4. The van der Waals surface area contributed by atoms with Crippen LogP contribution in [0.2, 0.25) is 0 Å². The number of ether oxygens (including phenoxy) is 1. The molecule has 0 spiro atoms. The summed E-state index contributed by atoms with van der Waals surface area (Å²) in [5.74, 6) is -1.75. The molecule has 0 unspecified atom stereocenters. The molecule has 0 saturated carbocycles. The molecule has 18 heavy (non-hydrogen) atoms. The number of carboxylic acids is 1. The summed E-state index contributed by atoms with van der Waals surface area (Å²) in [4.78, 5) is 26.0. The van der Waals surface area contributed by atoms with Crippen LogP contribution in [-0.4, -0.2) is 22.0 Å². The van der Waals surface area contributed by atoms with Gasteiger partial charge >= 0.3 is 11.9 Å². The van der Waals surface area contributed by atoms with E-state index >= 15 is 0 Å². The molecule has 1 N–H and O–H groups in total. The number of pyridine rings is 1. The Morgan fingerprint density at radius 2 is 2.06 bits per heavy atom. The zero-order valence-electron chi connectivity index (χ0n) is 9.71. The van der Waals surface area contributed by atoms with E-state index in [1.165, 1.54) is 0 Å². The predicted octanol–water partition coefficient (Wildman–Crippen LogP) is 1.92. The van der Waals surface area contributed by atoms with Crippen molar-refractivity contribution in [3.05, 3.63) is 36.0 Å². The number of hydrogen-bond acceptors (Lipinski definition) is 4. The Kier molecular flexibility index (Phi) is 3.23. The number of aryl methyl sites for hydroxylation is 1. The highest BCUT2D eigenvalue weighted by molar-refractivity contribution is 5.93. The molecule has 0 bridgehead atoms. The predicted molar refractivity (Wildman–Crippen MR) is 64.4 cm³/mol. The average molecular weight is 245 g/mol. The lowest BCUT2D eigenvalue weighted by Crippen LogP contribution is -2.13. The lowest BCUT2D eigenvalue weighted by Gasteiger charge is -2.06. The maximum absolute atomic E-state index is 11.3. The number of fused-ring (bicyclic) bond motifs is 1. The fourth-order valence-electron chi connectivity index (χ4n) is 1.58. The van der Waals surface area contributed by atoms with Gasteiger partial charge in [-0.15, -0.1) is 0 Å². The minimum absolute atomic E-state index is 0.280. The molecule has 0 amide bonds. The van der Waals surface area contributed by atoms with Crippen molar-refractivity contribution < 1.29 is 19.4 Å². The molecule has 0 aliphatic heterocycles. The van der Waals surface area contributed by atoms with Crippen molar-refractivity contribution in [1.82, 2.24) is 4.98 Å². The van der Waals surface area contributed by atoms with Crippen molar-refractivity contribution >= 4 is 22.8 Å². The van der Waals surface area contributed by atoms with E-state index in [4.69, 9.17) is 9.84 Å². The number of carbonyl (C=O) groups is 2. The van der Waals surface area contributed by atoms with Gasteiger partial charge < -0.3 is 9.84 Å². The van der Waals surface area contributed by atoms with E-state index in [0.717, 1.165) is 11.1 Å². The molecule has 5 heteroatoms. The number of esters is 1. The van der Waals surface area contributed by atoms with E-state index in [0.29, 0.717) is 5.52 Å². The Hall–Kier alpha value is -2.43. The number of hydrogen-bond donors (Lipinski definition) is 1. The van der Waals surface area contributed by atoms with E-state index in [9.17, 15) is 9.59 Å². The summed E-state index contributed by atoms with van der Waals surface area (Å²) >= 11 is 0. The van der Waals surface area contributed by atoms with Crippen LogP contribution >= 0.6 is 0 Å². The fraction of sp³-hybridized carbons (Fsp3) is 0.154. The van der Waals surface area contributed by atoms with Crippen molar-refractivity contribution in [3.8, 4) is 5.75 Å². The van der Waals surface area contributed by atoms with Crippen molar-refractivity contribution in [2.45, 2.75) is 13.3 Å². The summed E-state index contributed by atoms with van der Waals surface area (Å²) in [6.45, 7) is 1.83. The molecule has 1 aromatic carbocycles. The second-order valence-electron chi connectivity index (χ2n) is 3.83.